The molecule has 5 nitrogen and oxygen atoms in total. The van der Waals surface area contributed by atoms with Crippen molar-refractivity contribution < 1.29 is 9.59 Å². The van der Waals surface area contributed by atoms with Crippen molar-refractivity contribution in [2.75, 3.05) is 0 Å². The maximum Gasteiger partial charge on any atom is 0.270 e. The molecule has 0 unspecified atom stereocenters. The fourth-order valence-electron chi connectivity index (χ4n) is 3.26. The summed E-state index contributed by atoms with van der Waals surface area (Å²) in [5, 5.41) is 5.94. The maximum atomic E-state index is 12.5. The van der Waals surface area contributed by atoms with Crippen LogP contribution in [0.25, 0.3) is 0 Å². The monoisotopic (exact) mass is 351 g/mol. The van der Waals surface area contributed by atoms with E-state index in [4.69, 9.17) is 0 Å². The van der Waals surface area contributed by atoms with Crippen LogP contribution in [-0.4, -0.2) is 22.8 Å². The van der Waals surface area contributed by atoms with E-state index in [0.717, 1.165) is 31.2 Å². The topological polar surface area (TPSA) is 71.1 Å². The minimum absolute atomic E-state index is 0.199. The molecule has 0 aliphatic heterocycles. The van der Waals surface area contributed by atoms with E-state index >= 15 is 0 Å². The number of nitrogens with zero attached hydrogens (tertiary/aromatic N) is 1. The van der Waals surface area contributed by atoms with Crippen LogP contribution in [0.15, 0.2) is 48.7 Å². The van der Waals surface area contributed by atoms with Gasteiger partial charge in [-0.15, -0.1) is 0 Å². The van der Waals surface area contributed by atoms with Crippen molar-refractivity contribution in [3.8, 4) is 0 Å². The fourth-order valence-corrected chi connectivity index (χ4v) is 3.26. The third kappa shape index (κ3) is 5.15. The molecular formula is C21H25N3O2. The molecule has 3 rings (SSSR count). The van der Waals surface area contributed by atoms with Crippen molar-refractivity contribution in [1.29, 1.82) is 0 Å². The molecular weight excluding hydrogens is 326 g/mol. The molecule has 1 fully saturated rings. The molecule has 1 aromatic heterocycles. The Morgan fingerprint density at radius 2 is 1.69 bits per heavy atom. The van der Waals surface area contributed by atoms with E-state index in [-0.39, 0.29) is 17.9 Å². The number of amides is 2. The number of benzene rings is 1. The first-order valence-corrected chi connectivity index (χ1v) is 9.31. The summed E-state index contributed by atoms with van der Waals surface area (Å²) < 4.78 is 0. The zero-order valence-corrected chi connectivity index (χ0v) is 14.9. The Labute approximate surface area is 154 Å². The number of carbonyl (C=O) groups is 2. The molecule has 26 heavy (non-hydrogen) atoms. The van der Waals surface area contributed by atoms with E-state index in [0.29, 0.717) is 17.8 Å². The van der Waals surface area contributed by atoms with Gasteiger partial charge in [-0.1, -0.05) is 56.0 Å². The minimum Gasteiger partial charge on any atom is -0.348 e. The number of rotatable bonds is 5. The van der Waals surface area contributed by atoms with E-state index in [9.17, 15) is 9.59 Å². The van der Waals surface area contributed by atoms with Gasteiger partial charge in [-0.3, -0.25) is 14.6 Å². The standard InChI is InChI=1S/C21H25N3O2/c25-20(23-15-16-8-4-3-5-9-16)17-12-13-22-19(14-17)21(26)24-18-10-6-1-2-7-11-18/h3-5,8-9,12-14,18H,1-2,6-7,10-11,15H2,(H,23,25)(H,24,26). The summed E-state index contributed by atoms with van der Waals surface area (Å²) in [6, 6.07) is 13.1. The van der Waals surface area contributed by atoms with Crippen LogP contribution >= 0.6 is 0 Å². The average molecular weight is 351 g/mol. The highest BCUT2D eigenvalue weighted by molar-refractivity contribution is 5.98. The Morgan fingerprint density at radius 3 is 2.42 bits per heavy atom. The first kappa shape index (κ1) is 18.1. The van der Waals surface area contributed by atoms with Gasteiger partial charge < -0.3 is 10.6 Å². The molecule has 0 bridgehead atoms. The van der Waals surface area contributed by atoms with Gasteiger partial charge in [0.15, 0.2) is 0 Å². The van der Waals surface area contributed by atoms with Crippen LogP contribution in [0.3, 0.4) is 0 Å². The van der Waals surface area contributed by atoms with Crippen molar-refractivity contribution in [3.63, 3.8) is 0 Å². The lowest BCUT2D eigenvalue weighted by molar-refractivity contribution is 0.0928. The second-order valence-corrected chi connectivity index (χ2v) is 6.76. The lowest BCUT2D eigenvalue weighted by Gasteiger charge is -2.16. The van der Waals surface area contributed by atoms with E-state index in [1.54, 1.807) is 12.1 Å². The van der Waals surface area contributed by atoms with Crippen LogP contribution in [0.4, 0.5) is 0 Å². The lowest BCUT2D eigenvalue weighted by Crippen LogP contribution is -2.35. The summed E-state index contributed by atoms with van der Waals surface area (Å²) in [4.78, 5) is 29.0. The molecule has 1 aliphatic rings. The Bertz CT molecular complexity index is 738. The molecule has 0 saturated heterocycles. The molecule has 0 spiro atoms. The zero-order valence-electron chi connectivity index (χ0n) is 14.9. The van der Waals surface area contributed by atoms with Gasteiger partial charge in [-0.2, -0.15) is 0 Å². The molecule has 0 atom stereocenters. The van der Waals surface area contributed by atoms with Crippen molar-refractivity contribution in [1.82, 2.24) is 15.6 Å². The molecule has 1 heterocycles. The smallest absolute Gasteiger partial charge is 0.270 e. The minimum atomic E-state index is -0.209. The molecule has 0 radical (unpaired) electrons. The first-order valence-electron chi connectivity index (χ1n) is 9.31. The summed E-state index contributed by atoms with van der Waals surface area (Å²) in [6.45, 7) is 0.450. The van der Waals surface area contributed by atoms with E-state index in [2.05, 4.69) is 15.6 Å². The molecule has 1 saturated carbocycles. The van der Waals surface area contributed by atoms with E-state index in [1.807, 2.05) is 30.3 Å². The van der Waals surface area contributed by atoms with Gasteiger partial charge in [0.1, 0.15) is 5.69 Å². The zero-order chi connectivity index (χ0) is 18.2. The van der Waals surface area contributed by atoms with E-state index < -0.39 is 0 Å². The van der Waals surface area contributed by atoms with E-state index in [1.165, 1.54) is 19.0 Å². The van der Waals surface area contributed by atoms with Crippen molar-refractivity contribution in [2.24, 2.45) is 0 Å². The number of aromatic nitrogens is 1. The van der Waals surface area contributed by atoms with Crippen LogP contribution in [0.2, 0.25) is 0 Å². The van der Waals surface area contributed by atoms with Gasteiger partial charge in [-0.25, -0.2) is 0 Å². The van der Waals surface area contributed by atoms with Gasteiger partial charge in [0.25, 0.3) is 11.8 Å². The summed E-state index contributed by atoms with van der Waals surface area (Å²) in [6.07, 6.45) is 8.33. The Morgan fingerprint density at radius 1 is 0.962 bits per heavy atom. The predicted octanol–water partition coefficient (Wildman–Crippen LogP) is 3.46. The number of pyridine rings is 1. The predicted molar refractivity (Wildman–Crippen MR) is 101 cm³/mol. The van der Waals surface area contributed by atoms with Gasteiger partial charge in [0, 0.05) is 24.3 Å². The normalized spacial score (nSPS) is 15.1. The number of hydrogen-bond donors (Lipinski definition) is 2. The van der Waals surface area contributed by atoms with Crippen molar-refractivity contribution >= 4 is 11.8 Å². The molecule has 1 aromatic carbocycles. The van der Waals surface area contributed by atoms with Crippen molar-refractivity contribution in [3.05, 3.63) is 65.5 Å². The average Bonchev–Trinajstić information content (AvgIpc) is 2.95. The lowest BCUT2D eigenvalue weighted by atomic mass is 10.1. The first-order chi connectivity index (χ1) is 12.7. The quantitative estimate of drug-likeness (QED) is 0.811. The molecule has 1 aliphatic carbocycles. The Balaban J connectivity index is 1.59. The van der Waals surface area contributed by atoms with Gasteiger partial charge in [0.05, 0.1) is 0 Å². The number of hydrogen-bond acceptors (Lipinski definition) is 3. The van der Waals surface area contributed by atoms with Crippen LogP contribution in [0.1, 0.15) is 64.9 Å². The third-order valence-electron chi connectivity index (χ3n) is 4.74. The Kier molecular flexibility index (Phi) is 6.36. The Hall–Kier alpha value is -2.69. The second kappa shape index (κ2) is 9.13. The second-order valence-electron chi connectivity index (χ2n) is 6.76. The summed E-state index contributed by atoms with van der Waals surface area (Å²) in [7, 11) is 0. The number of nitrogens with one attached hydrogen (secondary N) is 2. The van der Waals surface area contributed by atoms with Gasteiger partial charge >= 0.3 is 0 Å². The van der Waals surface area contributed by atoms with Crippen LogP contribution in [0, 0.1) is 0 Å². The molecule has 136 valence electrons. The molecule has 2 aromatic rings. The fraction of sp³-hybridized carbons (Fsp3) is 0.381. The highest BCUT2D eigenvalue weighted by Crippen LogP contribution is 2.17. The summed E-state index contributed by atoms with van der Waals surface area (Å²) >= 11 is 0. The largest absolute Gasteiger partial charge is 0.348 e. The third-order valence-corrected chi connectivity index (χ3v) is 4.74. The molecule has 5 heteroatoms. The number of carbonyl (C=O) groups excluding carboxylic acids is 2. The highest BCUT2D eigenvalue weighted by atomic mass is 16.2. The van der Waals surface area contributed by atoms with Crippen LogP contribution in [0.5, 0.6) is 0 Å². The molecule has 2 N–H and O–H groups in total. The van der Waals surface area contributed by atoms with Crippen LogP contribution in [-0.2, 0) is 6.54 Å². The van der Waals surface area contributed by atoms with Gasteiger partial charge in [0.2, 0.25) is 0 Å². The SMILES string of the molecule is O=C(NCc1ccccc1)c1ccnc(C(=O)NC2CCCCCC2)c1. The van der Waals surface area contributed by atoms with Crippen LogP contribution < -0.4 is 10.6 Å². The summed E-state index contributed by atoms with van der Waals surface area (Å²) in [5.41, 5.74) is 1.77. The summed E-state index contributed by atoms with van der Waals surface area (Å²) in [5.74, 6) is -0.408. The molecule has 2 amide bonds. The van der Waals surface area contributed by atoms with Gasteiger partial charge in [-0.05, 0) is 30.5 Å². The maximum absolute atomic E-state index is 12.5. The highest BCUT2D eigenvalue weighted by Gasteiger charge is 2.17. The van der Waals surface area contributed by atoms with Crippen molar-refractivity contribution in [2.45, 2.75) is 51.1 Å².